The van der Waals surface area contributed by atoms with E-state index in [1.54, 1.807) is 35.2 Å². The van der Waals surface area contributed by atoms with Crippen molar-refractivity contribution in [2.24, 2.45) is 5.41 Å². The van der Waals surface area contributed by atoms with Crippen molar-refractivity contribution in [2.45, 2.75) is 46.1 Å². The summed E-state index contributed by atoms with van der Waals surface area (Å²) >= 11 is 1.39. The zero-order valence-corrected chi connectivity index (χ0v) is 17.8. The molecular formula is C22H27N3O3S. The SMILES string of the molecule is CC(C)(C)C(=O)Nc1ccc(NC(=O)[C@@H]2CCCCN2C(=O)c2cccs2)cc1. The van der Waals surface area contributed by atoms with E-state index in [-0.39, 0.29) is 17.7 Å². The summed E-state index contributed by atoms with van der Waals surface area (Å²) in [5.74, 6) is -0.333. The lowest BCUT2D eigenvalue weighted by Crippen LogP contribution is -2.49. The van der Waals surface area contributed by atoms with Gasteiger partial charge in [0.2, 0.25) is 11.8 Å². The first-order chi connectivity index (χ1) is 13.8. The number of rotatable bonds is 4. The monoisotopic (exact) mass is 413 g/mol. The highest BCUT2D eigenvalue weighted by Crippen LogP contribution is 2.24. The summed E-state index contributed by atoms with van der Waals surface area (Å²) in [7, 11) is 0. The van der Waals surface area contributed by atoms with Crippen molar-refractivity contribution < 1.29 is 14.4 Å². The van der Waals surface area contributed by atoms with Gasteiger partial charge in [0.15, 0.2) is 0 Å². The molecule has 0 radical (unpaired) electrons. The molecule has 1 aromatic carbocycles. The van der Waals surface area contributed by atoms with Crippen molar-refractivity contribution >= 4 is 40.4 Å². The summed E-state index contributed by atoms with van der Waals surface area (Å²) in [6.45, 7) is 6.14. The van der Waals surface area contributed by atoms with Crippen LogP contribution in [0.25, 0.3) is 0 Å². The molecule has 1 aromatic heterocycles. The van der Waals surface area contributed by atoms with Crippen molar-refractivity contribution in [3.8, 4) is 0 Å². The first kappa shape index (κ1) is 21.0. The molecule has 2 N–H and O–H groups in total. The highest BCUT2D eigenvalue weighted by atomic mass is 32.1. The maximum absolute atomic E-state index is 12.9. The Morgan fingerprint density at radius 2 is 1.66 bits per heavy atom. The van der Waals surface area contributed by atoms with Crippen molar-refractivity contribution in [3.63, 3.8) is 0 Å². The van der Waals surface area contributed by atoms with Crippen LogP contribution in [0.5, 0.6) is 0 Å². The van der Waals surface area contributed by atoms with Gasteiger partial charge in [-0.05, 0) is 55.0 Å². The van der Waals surface area contributed by atoms with Crippen molar-refractivity contribution in [1.82, 2.24) is 4.90 Å². The number of thiophene rings is 1. The maximum atomic E-state index is 12.9. The van der Waals surface area contributed by atoms with E-state index in [4.69, 9.17) is 0 Å². The number of hydrogen-bond donors (Lipinski definition) is 2. The molecule has 1 aliphatic rings. The molecule has 1 aliphatic heterocycles. The Labute approximate surface area is 175 Å². The fourth-order valence-electron chi connectivity index (χ4n) is 3.17. The predicted octanol–water partition coefficient (Wildman–Crippen LogP) is 4.37. The fraction of sp³-hybridized carbons (Fsp3) is 0.409. The minimum atomic E-state index is -0.480. The molecule has 6 nitrogen and oxygen atoms in total. The molecule has 154 valence electrons. The van der Waals surface area contributed by atoms with Gasteiger partial charge in [-0.2, -0.15) is 0 Å². The number of benzene rings is 1. The van der Waals surface area contributed by atoms with Crippen LogP contribution >= 0.6 is 11.3 Å². The molecule has 0 saturated carbocycles. The smallest absolute Gasteiger partial charge is 0.264 e. The Morgan fingerprint density at radius 3 is 2.24 bits per heavy atom. The highest BCUT2D eigenvalue weighted by molar-refractivity contribution is 7.12. The predicted molar refractivity (Wildman–Crippen MR) is 116 cm³/mol. The van der Waals surface area contributed by atoms with Crippen LogP contribution < -0.4 is 10.6 Å². The molecule has 2 heterocycles. The summed E-state index contributed by atoms with van der Waals surface area (Å²) in [6.07, 6.45) is 2.48. The molecule has 0 aliphatic carbocycles. The zero-order valence-electron chi connectivity index (χ0n) is 17.0. The van der Waals surface area contributed by atoms with E-state index >= 15 is 0 Å². The third-order valence-electron chi connectivity index (χ3n) is 4.89. The van der Waals surface area contributed by atoms with E-state index in [0.717, 1.165) is 12.8 Å². The number of carbonyl (C=O) groups is 3. The van der Waals surface area contributed by atoms with Gasteiger partial charge in [-0.15, -0.1) is 11.3 Å². The molecule has 3 rings (SSSR count). The molecule has 1 saturated heterocycles. The minimum Gasteiger partial charge on any atom is -0.326 e. The van der Waals surface area contributed by atoms with Crippen LogP contribution in [-0.2, 0) is 9.59 Å². The Bertz CT molecular complexity index is 870. The van der Waals surface area contributed by atoms with Crippen LogP contribution in [0.15, 0.2) is 41.8 Å². The molecule has 0 spiro atoms. The van der Waals surface area contributed by atoms with Gasteiger partial charge in [0.05, 0.1) is 4.88 Å². The average molecular weight is 414 g/mol. The summed E-state index contributed by atoms with van der Waals surface area (Å²) in [4.78, 5) is 40.1. The van der Waals surface area contributed by atoms with E-state index < -0.39 is 11.5 Å². The lowest BCUT2D eigenvalue weighted by Gasteiger charge is -2.34. The molecule has 3 amide bonds. The van der Waals surface area contributed by atoms with Gasteiger partial charge in [0, 0.05) is 23.3 Å². The van der Waals surface area contributed by atoms with Gasteiger partial charge in [0.25, 0.3) is 5.91 Å². The van der Waals surface area contributed by atoms with Crippen molar-refractivity contribution in [3.05, 3.63) is 46.7 Å². The van der Waals surface area contributed by atoms with Crippen LogP contribution in [0.3, 0.4) is 0 Å². The summed E-state index contributed by atoms with van der Waals surface area (Å²) < 4.78 is 0. The van der Waals surface area contributed by atoms with E-state index in [1.807, 2.05) is 32.2 Å². The molecular weight excluding hydrogens is 386 g/mol. The number of carbonyl (C=O) groups excluding carboxylic acids is 3. The zero-order chi connectivity index (χ0) is 21.0. The number of likely N-dealkylation sites (tertiary alicyclic amines) is 1. The second-order valence-corrected chi connectivity index (χ2v) is 9.21. The second kappa shape index (κ2) is 8.78. The third-order valence-corrected chi connectivity index (χ3v) is 5.75. The second-order valence-electron chi connectivity index (χ2n) is 8.26. The van der Waals surface area contributed by atoms with Crippen molar-refractivity contribution in [1.29, 1.82) is 0 Å². The Hall–Kier alpha value is -2.67. The first-order valence-corrected chi connectivity index (χ1v) is 10.7. The van der Waals surface area contributed by atoms with E-state index in [1.165, 1.54) is 11.3 Å². The molecule has 2 aromatic rings. The van der Waals surface area contributed by atoms with Gasteiger partial charge in [0.1, 0.15) is 6.04 Å². The third kappa shape index (κ3) is 5.23. The largest absolute Gasteiger partial charge is 0.326 e. The van der Waals surface area contributed by atoms with E-state index in [0.29, 0.717) is 29.2 Å². The molecule has 1 atom stereocenters. The number of anilines is 2. The summed E-state index contributed by atoms with van der Waals surface area (Å²) in [6, 6.07) is 10.2. The van der Waals surface area contributed by atoms with Gasteiger partial charge >= 0.3 is 0 Å². The van der Waals surface area contributed by atoms with Crippen LogP contribution in [0, 0.1) is 5.41 Å². The standard InChI is InChI=1S/C22H27N3O3S/c1-22(2,3)21(28)24-16-11-9-15(10-12-16)23-19(26)17-7-4-5-13-25(17)20(27)18-8-6-14-29-18/h6,8-12,14,17H,4-5,7,13H2,1-3H3,(H,23,26)(H,24,28)/t17-/m0/s1. The van der Waals surface area contributed by atoms with Crippen LogP contribution in [-0.4, -0.2) is 35.2 Å². The number of hydrogen-bond acceptors (Lipinski definition) is 4. The van der Waals surface area contributed by atoms with Crippen LogP contribution in [0.2, 0.25) is 0 Å². The lowest BCUT2D eigenvalue weighted by atomic mass is 9.95. The Balaban J connectivity index is 1.65. The van der Waals surface area contributed by atoms with Gasteiger partial charge in [-0.3, -0.25) is 14.4 Å². The van der Waals surface area contributed by atoms with Crippen LogP contribution in [0.1, 0.15) is 49.7 Å². The topological polar surface area (TPSA) is 78.5 Å². The highest BCUT2D eigenvalue weighted by Gasteiger charge is 2.33. The molecule has 29 heavy (non-hydrogen) atoms. The van der Waals surface area contributed by atoms with E-state index in [2.05, 4.69) is 10.6 Å². The molecule has 7 heteroatoms. The van der Waals surface area contributed by atoms with Gasteiger partial charge in [-0.1, -0.05) is 26.8 Å². The number of piperidine rings is 1. The lowest BCUT2D eigenvalue weighted by molar-refractivity contribution is -0.123. The average Bonchev–Trinajstić information content (AvgIpc) is 3.23. The molecule has 0 bridgehead atoms. The normalized spacial score (nSPS) is 16.9. The number of amides is 3. The van der Waals surface area contributed by atoms with Crippen molar-refractivity contribution in [2.75, 3.05) is 17.2 Å². The Kier molecular flexibility index (Phi) is 6.37. The fourth-order valence-corrected chi connectivity index (χ4v) is 3.85. The quantitative estimate of drug-likeness (QED) is 0.781. The number of nitrogens with zero attached hydrogens (tertiary/aromatic N) is 1. The minimum absolute atomic E-state index is 0.0702. The summed E-state index contributed by atoms with van der Waals surface area (Å²) in [5.41, 5.74) is 0.833. The van der Waals surface area contributed by atoms with Gasteiger partial charge < -0.3 is 15.5 Å². The molecule has 1 fully saturated rings. The molecule has 0 unspecified atom stereocenters. The Morgan fingerprint density at radius 1 is 1.00 bits per heavy atom. The first-order valence-electron chi connectivity index (χ1n) is 9.82. The van der Waals surface area contributed by atoms with Gasteiger partial charge in [-0.25, -0.2) is 0 Å². The van der Waals surface area contributed by atoms with E-state index in [9.17, 15) is 14.4 Å². The maximum Gasteiger partial charge on any atom is 0.264 e. The summed E-state index contributed by atoms with van der Waals surface area (Å²) in [5, 5.41) is 7.64. The number of nitrogens with one attached hydrogen (secondary N) is 2. The van der Waals surface area contributed by atoms with Crippen LogP contribution in [0.4, 0.5) is 11.4 Å².